The summed E-state index contributed by atoms with van der Waals surface area (Å²) in [5.74, 6) is 0.924. The third-order valence-electron chi connectivity index (χ3n) is 3.31. The van der Waals surface area contributed by atoms with Crippen LogP contribution in [0.5, 0.6) is 0 Å². The number of benzene rings is 1. The highest BCUT2D eigenvalue weighted by Gasteiger charge is 2.38. The summed E-state index contributed by atoms with van der Waals surface area (Å²) in [6, 6.07) is 7.14. The number of rotatable bonds is 4. The highest BCUT2D eigenvalue weighted by atomic mass is 32.3. The highest BCUT2D eigenvalue weighted by molar-refractivity contribution is 8.22. The number of esters is 1. The Bertz CT molecular complexity index is 603. The second kappa shape index (κ2) is 7.54. The van der Waals surface area contributed by atoms with E-state index < -0.39 is 10.2 Å². The van der Waals surface area contributed by atoms with Gasteiger partial charge in [0.15, 0.2) is 5.75 Å². The van der Waals surface area contributed by atoms with Gasteiger partial charge in [-0.05, 0) is 17.7 Å². The van der Waals surface area contributed by atoms with Gasteiger partial charge in [0.05, 0.1) is 18.7 Å². The lowest BCUT2D eigenvalue weighted by Gasteiger charge is -2.11. The molecule has 1 aromatic rings. The van der Waals surface area contributed by atoms with Gasteiger partial charge in [-0.3, -0.25) is 0 Å². The number of carbonyl (C=O) groups excluding carboxylic acids is 1. The standard InChI is InChI=1S/C14H17NO4S3/c1-19-13(16)11-4-2-10(3-5-11)8-21-14(20)15-12-6-7-22(17,18)9-12/h2-5,12H,6-9H2,1H3,(H-,15,17,18,20)/p+1/t12-/m0/s1. The van der Waals surface area contributed by atoms with Crippen LogP contribution in [-0.2, 0) is 24.9 Å². The van der Waals surface area contributed by atoms with Crippen LogP contribution in [0.2, 0.25) is 0 Å². The Kier molecular flexibility index (Phi) is 5.96. The van der Waals surface area contributed by atoms with Crippen molar-refractivity contribution >= 4 is 44.5 Å². The van der Waals surface area contributed by atoms with Gasteiger partial charge in [-0.1, -0.05) is 40.3 Å². The lowest BCUT2D eigenvalue weighted by molar-refractivity contribution is 0.0600. The van der Waals surface area contributed by atoms with Crippen molar-refractivity contribution in [1.82, 2.24) is 5.32 Å². The van der Waals surface area contributed by atoms with Crippen LogP contribution in [0.15, 0.2) is 24.3 Å². The highest BCUT2D eigenvalue weighted by Crippen LogP contribution is 2.19. The quantitative estimate of drug-likeness (QED) is 0.485. The zero-order valence-electron chi connectivity index (χ0n) is 12.1. The average Bonchev–Trinajstić information content (AvgIpc) is 2.83. The SMILES string of the molecule is COC(=O)c1ccc(CSC(=S)N[C@H]2CC[S+](=O)(O)C2)cc1. The molecule has 8 heteroatoms. The van der Waals surface area contributed by atoms with Crippen molar-refractivity contribution in [3.05, 3.63) is 35.4 Å². The Morgan fingerprint density at radius 1 is 1.50 bits per heavy atom. The maximum atomic E-state index is 11.5. The van der Waals surface area contributed by atoms with Gasteiger partial charge < -0.3 is 10.1 Å². The van der Waals surface area contributed by atoms with E-state index >= 15 is 0 Å². The van der Waals surface area contributed by atoms with Gasteiger partial charge in [0.1, 0.15) is 10.1 Å². The first-order valence-electron chi connectivity index (χ1n) is 6.72. The number of nitrogens with one attached hydrogen (secondary N) is 1. The summed E-state index contributed by atoms with van der Waals surface area (Å²) in [5, 5.41) is 3.12. The third-order valence-corrected chi connectivity index (χ3v) is 6.44. The van der Waals surface area contributed by atoms with Gasteiger partial charge in [0.2, 0.25) is 10.2 Å². The molecule has 1 aromatic carbocycles. The van der Waals surface area contributed by atoms with Crippen LogP contribution >= 0.6 is 24.0 Å². The zero-order chi connectivity index (χ0) is 16.2. The minimum Gasteiger partial charge on any atom is -0.465 e. The number of ether oxygens (including phenoxy) is 1. The number of hydrogen-bond donors (Lipinski definition) is 2. The van der Waals surface area contributed by atoms with Gasteiger partial charge in [-0.25, -0.2) is 4.79 Å². The molecule has 1 saturated heterocycles. The van der Waals surface area contributed by atoms with E-state index in [9.17, 15) is 13.6 Å². The third kappa shape index (κ3) is 5.05. The minimum absolute atomic E-state index is 0.0146. The van der Waals surface area contributed by atoms with E-state index in [0.717, 1.165) is 5.56 Å². The largest absolute Gasteiger partial charge is 0.465 e. The lowest BCUT2D eigenvalue weighted by atomic mass is 10.1. The van der Waals surface area contributed by atoms with Crippen molar-refractivity contribution in [1.29, 1.82) is 0 Å². The molecule has 1 unspecified atom stereocenters. The second-order valence-electron chi connectivity index (χ2n) is 5.04. The molecular formula is C14H18NO4S3+. The van der Waals surface area contributed by atoms with Crippen LogP contribution in [0.3, 0.4) is 0 Å². The Morgan fingerprint density at radius 2 is 2.18 bits per heavy atom. The molecule has 0 spiro atoms. The van der Waals surface area contributed by atoms with Crippen molar-refractivity contribution in [2.45, 2.75) is 18.2 Å². The van der Waals surface area contributed by atoms with Crippen LogP contribution in [0.25, 0.3) is 0 Å². The normalized spacial score (nSPS) is 24.0. The fraction of sp³-hybridized carbons (Fsp3) is 0.429. The number of thioether (sulfide) groups is 1. The molecule has 0 radical (unpaired) electrons. The molecule has 0 bridgehead atoms. The first-order chi connectivity index (χ1) is 10.4. The maximum absolute atomic E-state index is 11.5. The molecule has 0 aliphatic carbocycles. The van der Waals surface area contributed by atoms with E-state index in [1.807, 2.05) is 12.1 Å². The van der Waals surface area contributed by atoms with Gasteiger partial charge in [0, 0.05) is 12.2 Å². The van der Waals surface area contributed by atoms with Crippen LogP contribution < -0.4 is 5.32 Å². The molecule has 22 heavy (non-hydrogen) atoms. The topological polar surface area (TPSA) is 75.6 Å². The molecule has 2 N–H and O–H groups in total. The molecule has 120 valence electrons. The first-order valence-corrected chi connectivity index (χ1v) is 9.97. The summed E-state index contributed by atoms with van der Waals surface area (Å²) >= 11 is 6.72. The number of thiocarbonyl (C=S) groups is 1. The number of carbonyl (C=O) groups is 1. The molecule has 0 saturated carbocycles. The van der Waals surface area contributed by atoms with Gasteiger partial charge in [-0.2, -0.15) is 4.55 Å². The van der Waals surface area contributed by atoms with Crippen LogP contribution in [0, 0.1) is 0 Å². The number of hydrogen-bond acceptors (Lipinski definition) is 5. The molecule has 1 fully saturated rings. The van der Waals surface area contributed by atoms with Crippen molar-refractivity contribution in [3.8, 4) is 0 Å². The van der Waals surface area contributed by atoms with Crippen molar-refractivity contribution < 1.29 is 18.3 Å². The summed E-state index contributed by atoms with van der Waals surface area (Å²) in [6.45, 7) is 0. The molecule has 5 nitrogen and oxygen atoms in total. The monoisotopic (exact) mass is 360 g/mol. The molecule has 0 amide bonds. The van der Waals surface area contributed by atoms with E-state index in [-0.39, 0.29) is 17.8 Å². The Hall–Kier alpha value is -0.960. The maximum Gasteiger partial charge on any atom is 0.337 e. The van der Waals surface area contributed by atoms with Gasteiger partial charge in [0.25, 0.3) is 0 Å². The van der Waals surface area contributed by atoms with E-state index in [1.165, 1.54) is 18.9 Å². The minimum atomic E-state index is -2.65. The Balaban J connectivity index is 1.79. The smallest absolute Gasteiger partial charge is 0.337 e. The molecule has 2 rings (SSSR count). The lowest BCUT2D eigenvalue weighted by Crippen LogP contribution is -2.33. The number of methoxy groups -OCH3 is 1. The summed E-state index contributed by atoms with van der Waals surface area (Å²) in [6.07, 6.45) is 0.670. The average molecular weight is 361 g/mol. The van der Waals surface area contributed by atoms with Crippen molar-refractivity contribution in [3.63, 3.8) is 0 Å². The molecule has 2 atom stereocenters. The van der Waals surface area contributed by atoms with E-state index in [4.69, 9.17) is 12.2 Å². The van der Waals surface area contributed by atoms with Gasteiger partial charge in [-0.15, -0.1) is 0 Å². The Morgan fingerprint density at radius 3 is 2.73 bits per heavy atom. The Labute approximate surface area is 140 Å². The molecule has 0 aromatic heterocycles. The fourth-order valence-corrected chi connectivity index (χ4v) is 4.92. The first kappa shape index (κ1) is 17.4. The van der Waals surface area contributed by atoms with Crippen LogP contribution in [0.1, 0.15) is 22.3 Å². The summed E-state index contributed by atoms with van der Waals surface area (Å²) in [4.78, 5) is 11.3. The van der Waals surface area contributed by atoms with Gasteiger partial charge >= 0.3 is 5.97 Å². The summed E-state index contributed by atoms with van der Waals surface area (Å²) in [5.41, 5.74) is 1.56. The van der Waals surface area contributed by atoms with Crippen molar-refractivity contribution in [2.75, 3.05) is 18.6 Å². The van der Waals surface area contributed by atoms with Crippen LogP contribution in [0.4, 0.5) is 0 Å². The van der Waals surface area contributed by atoms with Crippen LogP contribution in [-0.4, -0.2) is 39.5 Å². The fourth-order valence-electron chi connectivity index (χ4n) is 2.13. The van der Waals surface area contributed by atoms with E-state index in [1.54, 1.807) is 12.1 Å². The molecule has 1 aliphatic rings. The predicted molar refractivity (Wildman–Crippen MR) is 93.6 cm³/mol. The second-order valence-corrected chi connectivity index (χ2v) is 8.98. The molecular weight excluding hydrogens is 342 g/mol. The van der Waals surface area contributed by atoms with Crippen molar-refractivity contribution in [2.24, 2.45) is 0 Å². The summed E-state index contributed by atoms with van der Waals surface area (Å²) < 4.78 is 26.2. The molecule has 1 heterocycles. The zero-order valence-corrected chi connectivity index (χ0v) is 14.6. The molecule has 1 aliphatic heterocycles. The predicted octanol–water partition coefficient (Wildman–Crippen LogP) is 2.33. The van der Waals surface area contributed by atoms with E-state index in [2.05, 4.69) is 10.1 Å². The van der Waals surface area contributed by atoms with E-state index in [0.29, 0.717) is 27.8 Å². The summed E-state index contributed by atoms with van der Waals surface area (Å²) in [7, 11) is -1.30.